The first-order chi connectivity index (χ1) is 9.69. The van der Waals surface area contributed by atoms with Gasteiger partial charge in [-0.25, -0.2) is 4.68 Å². The first-order valence-corrected chi connectivity index (χ1v) is 7.11. The minimum atomic E-state index is 0.0197. The summed E-state index contributed by atoms with van der Waals surface area (Å²) in [5, 5.41) is 24.5. The summed E-state index contributed by atoms with van der Waals surface area (Å²) in [4.78, 5) is 0.817. The summed E-state index contributed by atoms with van der Waals surface area (Å²) in [7, 11) is 0. The van der Waals surface area contributed by atoms with Gasteiger partial charge in [0.05, 0.1) is 11.1 Å². The smallest absolute Gasteiger partial charge is 0.214 e. The second kappa shape index (κ2) is 5.29. The maximum atomic E-state index is 8.65. The predicted octanol–water partition coefficient (Wildman–Crippen LogP) is 1.91. The zero-order valence-electron chi connectivity index (χ0n) is 10.3. The van der Waals surface area contributed by atoms with E-state index >= 15 is 0 Å². The lowest BCUT2D eigenvalue weighted by Gasteiger charge is -2.06. The van der Waals surface area contributed by atoms with Gasteiger partial charge in [0.25, 0.3) is 0 Å². The fourth-order valence-electron chi connectivity index (χ4n) is 1.70. The van der Waals surface area contributed by atoms with E-state index in [4.69, 9.17) is 22.5 Å². The van der Waals surface area contributed by atoms with Crippen LogP contribution in [0, 0.1) is 0 Å². The third-order valence-electron chi connectivity index (χ3n) is 2.89. The van der Waals surface area contributed by atoms with Crippen molar-refractivity contribution in [2.75, 3.05) is 0 Å². The number of aromatic nitrogens is 4. The lowest BCUT2D eigenvalue weighted by atomic mass is 10.2. The average Bonchev–Trinajstić information content (AvgIpc) is 3.20. The quantitative estimate of drug-likeness (QED) is 0.387. The summed E-state index contributed by atoms with van der Waals surface area (Å²) in [6.45, 7) is 0. The minimum Gasteiger partial charge on any atom is -0.409 e. The maximum Gasteiger partial charge on any atom is 0.214 e. The van der Waals surface area contributed by atoms with Crippen LogP contribution in [0.5, 0.6) is 0 Å². The van der Waals surface area contributed by atoms with E-state index in [9.17, 15) is 0 Å². The summed E-state index contributed by atoms with van der Waals surface area (Å²) >= 11 is 7.60. The number of halogens is 1. The Morgan fingerprint density at radius 3 is 2.95 bits per heavy atom. The molecule has 9 heteroatoms. The first kappa shape index (κ1) is 13.2. The monoisotopic (exact) mass is 310 g/mol. The van der Waals surface area contributed by atoms with Crippen LogP contribution in [0.3, 0.4) is 0 Å². The fraction of sp³-hybridized carbons (Fsp3) is 0.273. The number of rotatable bonds is 4. The molecule has 0 spiro atoms. The highest BCUT2D eigenvalue weighted by molar-refractivity contribution is 7.99. The number of tetrazole rings is 1. The normalized spacial score (nSPS) is 15.6. The molecule has 1 aromatic carbocycles. The molecule has 1 heterocycles. The Labute approximate surface area is 123 Å². The van der Waals surface area contributed by atoms with Gasteiger partial charge >= 0.3 is 0 Å². The summed E-state index contributed by atoms with van der Waals surface area (Å²) in [5.41, 5.74) is 6.08. The van der Waals surface area contributed by atoms with Crippen LogP contribution >= 0.6 is 23.4 Å². The van der Waals surface area contributed by atoms with Crippen LogP contribution < -0.4 is 5.73 Å². The number of nitrogens with two attached hydrogens (primary N) is 1. The molecule has 1 aliphatic carbocycles. The molecule has 3 N–H and O–H groups in total. The summed E-state index contributed by atoms with van der Waals surface area (Å²) < 4.78 is 1.82. The summed E-state index contributed by atoms with van der Waals surface area (Å²) in [5.74, 6) is 0.0197. The van der Waals surface area contributed by atoms with E-state index in [1.54, 1.807) is 18.2 Å². The van der Waals surface area contributed by atoms with E-state index in [-0.39, 0.29) is 5.84 Å². The third kappa shape index (κ3) is 2.56. The minimum absolute atomic E-state index is 0.0197. The molecule has 104 valence electrons. The molecule has 0 bridgehead atoms. The zero-order chi connectivity index (χ0) is 14.1. The van der Waals surface area contributed by atoms with Gasteiger partial charge in [-0.15, -0.1) is 5.10 Å². The third-order valence-corrected chi connectivity index (χ3v) is 4.34. The molecule has 0 amide bonds. The van der Waals surface area contributed by atoms with Crippen LogP contribution in [0.2, 0.25) is 5.02 Å². The molecule has 2 aromatic rings. The van der Waals surface area contributed by atoms with Gasteiger partial charge in [0.2, 0.25) is 5.16 Å². The molecule has 3 rings (SSSR count). The molecule has 0 radical (unpaired) electrons. The van der Waals surface area contributed by atoms with Crippen molar-refractivity contribution in [3.05, 3.63) is 28.8 Å². The molecule has 7 nitrogen and oxygen atoms in total. The number of amidine groups is 1. The van der Waals surface area contributed by atoms with Gasteiger partial charge in [-0.3, -0.25) is 0 Å². The van der Waals surface area contributed by atoms with Crippen LogP contribution in [0.15, 0.2) is 33.4 Å². The Balaban J connectivity index is 1.85. The second-order valence-corrected chi connectivity index (χ2v) is 5.79. The van der Waals surface area contributed by atoms with Crippen molar-refractivity contribution in [1.82, 2.24) is 20.2 Å². The van der Waals surface area contributed by atoms with Crippen LogP contribution in [0.25, 0.3) is 0 Å². The van der Waals surface area contributed by atoms with Crippen LogP contribution in [-0.4, -0.2) is 31.3 Å². The summed E-state index contributed by atoms with van der Waals surface area (Å²) in [6.07, 6.45) is 2.21. The van der Waals surface area contributed by atoms with E-state index in [0.717, 1.165) is 17.7 Å². The van der Waals surface area contributed by atoms with Crippen LogP contribution in [-0.2, 0) is 0 Å². The topological polar surface area (TPSA) is 102 Å². The van der Waals surface area contributed by atoms with Gasteiger partial charge in [-0.05, 0) is 53.2 Å². The lowest BCUT2D eigenvalue weighted by Crippen LogP contribution is -2.12. The van der Waals surface area contributed by atoms with E-state index < -0.39 is 0 Å². The number of nitrogens with zero attached hydrogens (tertiary/aromatic N) is 5. The number of hydrogen-bond donors (Lipinski definition) is 2. The van der Waals surface area contributed by atoms with Gasteiger partial charge in [0.1, 0.15) is 0 Å². The van der Waals surface area contributed by atoms with Crippen LogP contribution in [0.1, 0.15) is 24.4 Å². The molecule has 1 aromatic heterocycles. The molecule has 0 saturated heterocycles. The Morgan fingerprint density at radius 2 is 2.30 bits per heavy atom. The number of hydrogen-bond acceptors (Lipinski definition) is 6. The van der Waals surface area contributed by atoms with Gasteiger partial charge in [0, 0.05) is 10.5 Å². The average molecular weight is 311 g/mol. The van der Waals surface area contributed by atoms with Crippen molar-refractivity contribution < 1.29 is 5.21 Å². The molecule has 1 saturated carbocycles. The first-order valence-electron chi connectivity index (χ1n) is 5.92. The zero-order valence-corrected chi connectivity index (χ0v) is 11.8. The van der Waals surface area contributed by atoms with E-state index in [1.807, 2.05) is 4.68 Å². The highest BCUT2D eigenvalue weighted by atomic mass is 35.5. The Hall–Kier alpha value is -1.80. The van der Waals surface area contributed by atoms with Gasteiger partial charge in [-0.2, -0.15) is 0 Å². The highest BCUT2D eigenvalue weighted by Crippen LogP contribution is 2.39. The van der Waals surface area contributed by atoms with Crippen molar-refractivity contribution in [2.24, 2.45) is 10.9 Å². The Kier molecular flexibility index (Phi) is 3.49. The van der Waals surface area contributed by atoms with Gasteiger partial charge < -0.3 is 10.9 Å². The largest absolute Gasteiger partial charge is 0.409 e. The molecule has 1 aliphatic rings. The van der Waals surface area contributed by atoms with Crippen molar-refractivity contribution >= 4 is 29.2 Å². The van der Waals surface area contributed by atoms with Crippen molar-refractivity contribution in [3.8, 4) is 0 Å². The maximum absolute atomic E-state index is 8.65. The molecule has 1 fully saturated rings. The van der Waals surface area contributed by atoms with Crippen molar-refractivity contribution in [2.45, 2.75) is 28.9 Å². The lowest BCUT2D eigenvalue weighted by molar-refractivity contribution is 0.318. The molecular weight excluding hydrogens is 300 g/mol. The molecular formula is C11H11ClN6OS. The fourth-order valence-corrected chi connectivity index (χ4v) is 2.84. The number of benzene rings is 1. The molecule has 0 aliphatic heterocycles. The number of oxime groups is 1. The highest BCUT2D eigenvalue weighted by Gasteiger charge is 2.28. The second-order valence-electron chi connectivity index (χ2n) is 4.37. The van der Waals surface area contributed by atoms with Crippen LogP contribution in [0.4, 0.5) is 0 Å². The Morgan fingerprint density at radius 1 is 1.50 bits per heavy atom. The van der Waals surface area contributed by atoms with Gasteiger partial charge in [-0.1, -0.05) is 16.8 Å². The van der Waals surface area contributed by atoms with Crippen molar-refractivity contribution in [3.63, 3.8) is 0 Å². The molecule has 20 heavy (non-hydrogen) atoms. The predicted molar refractivity (Wildman–Crippen MR) is 74.2 cm³/mol. The van der Waals surface area contributed by atoms with E-state index in [0.29, 0.717) is 21.8 Å². The standard InChI is InChI=1S/C11H11ClN6OS/c12-8-5-6(10(13)15-19)1-4-9(8)20-11-14-16-17-18(11)7-2-3-7/h1,4-5,7,19H,2-3H2,(H2,13,15). The van der Waals surface area contributed by atoms with Gasteiger partial charge in [0.15, 0.2) is 5.84 Å². The summed E-state index contributed by atoms with van der Waals surface area (Å²) in [6, 6.07) is 5.58. The molecule has 0 unspecified atom stereocenters. The Bertz CT molecular complexity index is 669. The van der Waals surface area contributed by atoms with Crippen molar-refractivity contribution in [1.29, 1.82) is 0 Å². The SMILES string of the molecule is NC(=NO)c1ccc(Sc2nnnn2C2CC2)c(Cl)c1. The molecule has 0 atom stereocenters. The van der Waals surface area contributed by atoms with E-state index in [1.165, 1.54) is 11.8 Å². The van der Waals surface area contributed by atoms with E-state index in [2.05, 4.69) is 20.7 Å².